The molecule has 0 saturated heterocycles. The lowest BCUT2D eigenvalue weighted by atomic mass is 10.3. The minimum absolute atomic E-state index is 0.0360. The van der Waals surface area contributed by atoms with E-state index >= 15 is 0 Å². The lowest BCUT2D eigenvalue weighted by Gasteiger charge is -2.20. The quantitative estimate of drug-likeness (QED) is 0.559. The number of thiazole rings is 1. The fraction of sp³-hybridized carbons (Fsp3) is 0.200. The summed E-state index contributed by atoms with van der Waals surface area (Å²) in [7, 11) is 0. The van der Waals surface area contributed by atoms with Gasteiger partial charge < -0.3 is 9.47 Å². The van der Waals surface area contributed by atoms with Crippen molar-refractivity contribution in [3.63, 3.8) is 0 Å². The van der Waals surface area contributed by atoms with Crippen LogP contribution in [0, 0.1) is 6.92 Å². The summed E-state index contributed by atoms with van der Waals surface area (Å²) >= 11 is 1.44. The molecule has 26 heavy (non-hydrogen) atoms. The summed E-state index contributed by atoms with van der Waals surface area (Å²) in [5.41, 5.74) is 1.66. The van der Waals surface area contributed by atoms with E-state index in [1.54, 1.807) is 4.90 Å². The van der Waals surface area contributed by atoms with Crippen molar-refractivity contribution in [3.05, 3.63) is 71.7 Å². The third-order valence-corrected chi connectivity index (χ3v) is 4.47. The van der Waals surface area contributed by atoms with Gasteiger partial charge in [0.05, 0.1) is 18.0 Å². The highest BCUT2D eigenvalue weighted by Crippen LogP contribution is 2.28. The van der Waals surface area contributed by atoms with Crippen molar-refractivity contribution in [3.8, 4) is 5.75 Å². The van der Waals surface area contributed by atoms with E-state index in [9.17, 15) is 4.79 Å². The molecule has 0 fully saturated rings. The molecule has 0 N–H and O–H groups in total. The van der Waals surface area contributed by atoms with Gasteiger partial charge in [0.25, 0.3) is 5.91 Å². The molecular formula is C20H20N2O3S. The number of anilines is 2. The zero-order chi connectivity index (χ0) is 18.2. The summed E-state index contributed by atoms with van der Waals surface area (Å²) in [6.07, 6.45) is 0. The van der Waals surface area contributed by atoms with Gasteiger partial charge in [0.1, 0.15) is 19.0 Å². The summed E-state index contributed by atoms with van der Waals surface area (Å²) in [4.78, 5) is 18.7. The molecule has 3 aromatic rings. The van der Waals surface area contributed by atoms with Crippen molar-refractivity contribution < 1.29 is 14.3 Å². The fourth-order valence-electron chi connectivity index (χ4n) is 2.34. The van der Waals surface area contributed by atoms with Gasteiger partial charge in [-0.05, 0) is 31.2 Å². The zero-order valence-electron chi connectivity index (χ0n) is 14.5. The van der Waals surface area contributed by atoms with Crippen LogP contribution in [0.2, 0.25) is 0 Å². The van der Waals surface area contributed by atoms with Crippen LogP contribution in [0.1, 0.15) is 5.69 Å². The number of aryl methyl sites for hydroxylation is 1. The maximum Gasteiger partial charge on any atom is 0.259 e. The van der Waals surface area contributed by atoms with Crippen LogP contribution in [-0.4, -0.2) is 30.7 Å². The van der Waals surface area contributed by atoms with Gasteiger partial charge in [0.15, 0.2) is 5.13 Å². The Bertz CT molecular complexity index is 821. The van der Waals surface area contributed by atoms with Gasteiger partial charge in [-0.25, -0.2) is 4.98 Å². The van der Waals surface area contributed by atoms with E-state index in [2.05, 4.69) is 4.98 Å². The lowest BCUT2D eigenvalue weighted by molar-refractivity contribution is -0.122. The number of nitrogens with zero attached hydrogens (tertiary/aromatic N) is 2. The fourth-order valence-corrected chi connectivity index (χ4v) is 3.18. The first-order valence-electron chi connectivity index (χ1n) is 8.30. The van der Waals surface area contributed by atoms with Crippen LogP contribution >= 0.6 is 11.3 Å². The first-order valence-corrected chi connectivity index (χ1v) is 9.18. The molecule has 0 unspecified atom stereocenters. The highest BCUT2D eigenvalue weighted by molar-refractivity contribution is 7.14. The SMILES string of the molecule is Cc1csc(N(C(=O)COCCOc2ccccc2)c2ccccc2)n1. The smallest absolute Gasteiger partial charge is 0.259 e. The maximum atomic E-state index is 12.7. The van der Waals surface area contributed by atoms with Gasteiger partial charge in [-0.15, -0.1) is 11.3 Å². The van der Waals surface area contributed by atoms with E-state index in [0.717, 1.165) is 17.1 Å². The summed E-state index contributed by atoms with van der Waals surface area (Å²) < 4.78 is 11.1. The highest BCUT2D eigenvalue weighted by atomic mass is 32.1. The van der Waals surface area contributed by atoms with Crippen molar-refractivity contribution in [1.29, 1.82) is 0 Å². The minimum Gasteiger partial charge on any atom is -0.491 e. The Kier molecular flexibility index (Phi) is 6.35. The number of para-hydroxylation sites is 2. The Hall–Kier alpha value is -2.70. The van der Waals surface area contributed by atoms with Crippen LogP contribution in [0.4, 0.5) is 10.8 Å². The Balaban J connectivity index is 1.56. The first kappa shape index (κ1) is 18.1. The molecule has 2 aromatic carbocycles. The summed E-state index contributed by atoms with van der Waals surface area (Å²) in [5.74, 6) is 0.622. The molecule has 6 heteroatoms. The van der Waals surface area contributed by atoms with E-state index in [1.807, 2.05) is 73.0 Å². The minimum atomic E-state index is -0.162. The Morgan fingerprint density at radius 3 is 2.38 bits per heavy atom. The molecule has 1 aromatic heterocycles. The number of carbonyl (C=O) groups is 1. The van der Waals surface area contributed by atoms with Crippen LogP contribution in [0.25, 0.3) is 0 Å². The predicted molar refractivity (Wildman–Crippen MR) is 103 cm³/mol. The standard InChI is InChI=1S/C20H20N2O3S/c1-16-15-26-20(21-16)22(17-8-4-2-5-9-17)19(23)14-24-12-13-25-18-10-6-3-7-11-18/h2-11,15H,12-14H2,1H3. The van der Waals surface area contributed by atoms with Gasteiger partial charge >= 0.3 is 0 Å². The first-order chi connectivity index (χ1) is 12.7. The van der Waals surface area contributed by atoms with E-state index < -0.39 is 0 Å². The second kappa shape index (κ2) is 9.12. The molecule has 0 aliphatic rings. The number of benzene rings is 2. The van der Waals surface area contributed by atoms with Gasteiger partial charge in [-0.1, -0.05) is 36.4 Å². The van der Waals surface area contributed by atoms with Crippen molar-refractivity contribution in [1.82, 2.24) is 4.98 Å². The Morgan fingerprint density at radius 2 is 1.73 bits per heavy atom. The van der Waals surface area contributed by atoms with Crippen LogP contribution in [0.15, 0.2) is 66.0 Å². The number of rotatable bonds is 8. The lowest BCUT2D eigenvalue weighted by Crippen LogP contribution is -2.30. The third-order valence-electron chi connectivity index (χ3n) is 3.53. The number of amides is 1. The molecular weight excluding hydrogens is 348 g/mol. The number of hydrogen-bond acceptors (Lipinski definition) is 5. The van der Waals surface area contributed by atoms with Crippen LogP contribution < -0.4 is 9.64 Å². The van der Waals surface area contributed by atoms with Crippen LogP contribution in [0.5, 0.6) is 5.75 Å². The molecule has 0 spiro atoms. The maximum absolute atomic E-state index is 12.7. The predicted octanol–water partition coefficient (Wildman–Crippen LogP) is 4.21. The molecule has 0 radical (unpaired) electrons. The molecule has 0 bridgehead atoms. The van der Waals surface area contributed by atoms with Crippen molar-refractivity contribution in [2.75, 3.05) is 24.7 Å². The van der Waals surface area contributed by atoms with Gasteiger partial charge in [-0.3, -0.25) is 9.69 Å². The molecule has 0 atom stereocenters. The van der Waals surface area contributed by atoms with E-state index in [1.165, 1.54) is 11.3 Å². The summed E-state index contributed by atoms with van der Waals surface area (Å²) in [6, 6.07) is 19.0. The Labute approximate surface area is 156 Å². The normalized spacial score (nSPS) is 10.5. The average molecular weight is 368 g/mol. The summed E-state index contributed by atoms with van der Waals surface area (Å²) in [5, 5.41) is 2.57. The molecule has 5 nitrogen and oxygen atoms in total. The molecule has 1 heterocycles. The summed E-state index contributed by atoms with van der Waals surface area (Å²) in [6.45, 7) is 2.59. The van der Waals surface area contributed by atoms with Crippen LogP contribution in [0.3, 0.4) is 0 Å². The number of ether oxygens (including phenoxy) is 2. The van der Waals surface area contributed by atoms with Crippen LogP contribution in [-0.2, 0) is 9.53 Å². The van der Waals surface area contributed by atoms with E-state index in [0.29, 0.717) is 18.3 Å². The largest absolute Gasteiger partial charge is 0.491 e. The van der Waals surface area contributed by atoms with Crippen molar-refractivity contribution in [2.45, 2.75) is 6.92 Å². The second-order valence-electron chi connectivity index (χ2n) is 5.55. The van der Waals surface area contributed by atoms with Gasteiger partial charge in [-0.2, -0.15) is 0 Å². The number of hydrogen-bond donors (Lipinski definition) is 0. The van der Waals surface area contributed by atoms with E-state index in [4.69, 9.17) is 9.47 Å². The molecule has 0 aliphatic heterocycles. The highest BCUT2D eigenvalue weighted by Gasteiger charge is 2.20. The van der Waals surface area contributed by atoms with E-state index in [-0.39, 0.29) is 12.5 Å². The molecule has 1 amide bonds. The molecule has 0 saturated carbocycles. The van der Waals surface area contributed by atoms with Gasteiger partial charge in [0.2, 0.25) is 0 Å². The van der Waals surface area contributed by atoms with Crippen molar-refractivity contribution in [2.24, 2.45) is 0 Å². The average Bonchev–Trinajstić information content (AvgIpc) is 3.09. The number of aromatic nitrogens is 1. The zero-order valence-corrected chi connectivity index (χ0v) is 15.3. The third kappa shape index (κ3) is 4.91. The second-order valence-corrected chi connectivity index (χ2v) is 6.39. The topological polar surface area (TPSA) is 51.7 Å². The monoisotopic (exact) mass is 368 g/mol. The number of carbonyl (C=O) groups excluding carboxylic acids is 1. The molecule has 0 aliphatic carbocycles. The Morgan fingerprint density at radius 1 is 1.04 bits per heavy atom. The molecule has 3 rings (SSSR count). The van der Waals surface area contributed by atoms with Crippen molar-refractivity contribution >= 4 is 28.1 Å². The molecule has 134 valence electrons. The van der Waals surface area contributed by atoms with Gasteiger partial charge in [0, 0.05) is 5.38 Å².